The molecule has 4 aromatic rings. The fourth-order valence-electron chi connectivity index (χ4n) is 3.42. The lowest BCUT2D eigenvalue weighted by Gasteiger charge is -2.12. The number of fused-ring (bicyclic) bond motifs is 1. The largest absolute Gasteiger partial charge is 0.367 e. The summed E-state index contributed by atoms with van der Waals surface area (Å²) in [6.45, 7) is 1.77. The summed E-state index contributed by atoms with van der Waals surface area (Å²) < 4.78 is 13.7. The Labute approximate surface area is 162 Å². The van der Waals surface area contributed by atoms with E-state index in [4.69, 9.17) is 0 Å². The topological polar surface area (TPSA) is 50.7 Å². The number of hydrogen-bond acceptors (Lipinski definition) is 4. The number of halogens is 1. The fourth-order valence-corrected chi connectivity index (χ4v) is 3.42. The van der Waals surface area contributed by atoms with Crippen LogP contribution < -0.4 is 5.32 Å². The first kappa shape index (κ1) is 16.8. The maximum Gasteiger partial charge on any atom is 0.137 e. The quantitative estimate of drug-likeness (QED) is 0.524. The molecule has 1 aliphatic carbocycles. The van der Waals surface area contributed by atoms with Crippen molar-refractivity contribution in [2.24, 2.45) is 0 Å². The molecule has 0 aliphatic heterocycles. The van der Waals surface area contributed by atoms with Crippen LogP contribution in [0.1, 0.15) is 18.4 Å². The first-order chi connectivity index (χ1) is 13.7. The lowest BCUT2D eigenvalue weighted by molar-refractivity contribution is 0.619. The lowest BCUT2D eigenvalue weighted by atomic mass is 9.97. The van der Waals surface area contributed by atoms with Gasteiger partial charge in [-0.15, -0.1) is 0 Å². The number of aryl methyl sites for hydroxylation is 1. The number of pyridine rings is 1. The number of hydrogen-bond donors (Lipinski definition) is 1. The summed E-state index contributed by atoms with van der Waals surface area (Å²) in [4.78, 5) is 13.4. The molecule has 0 amide bonds. The van der Waals surface area contributed by atoms with Crippen LogP contribution in [0.15, 0.2) is 61.1 Å². The molecule has 0 unspecified atom stereocenters. The van der Waals surface area contributed by atoms with Crippen molar-refractivity contribution in [2.75, 3.05) is 5.32 Å². The minimum atomic E-state index is -0.208. The molecular weight excluding hydrogens is 351 g/mol. The number of rotatable bonds is 4. The van der Waals surface area contributed by atoms with E-state index in [1.165, 1.54) is 18.9 Å². The van der Waals surface area contributed by atoms with E-state index < -0.39 is 0 Å². The molecule has 138 valence electrons. The third-order valence-corrected chi connectivity index (χ3v) is 5.10. The number of aromatic nitrogens is 3. The third kappa shape index (κ3) is 3.09. The summed E-state index contributed by atoms with van der Waals surface area (Å²) in [5, 5.41) is 4.49. The molecule has 5 heteroatoms. The van der Waals surface area contributed by atoms with E-state index in [0.29, 0.717) is 11.6 Å². The molecule has 1 fully saturated rings. The average molecular weight is 370 g/mol. The maximum absolute atomic E-state index is 13.7. The van der Waals surface area contributed by atoms with Crippen molar-refractivity contribution in [1.29, 1.82) is 0 Å². The second-order valence-electron chi connectivity index (χ2n) is 7.24. The van der Waals surface area contributed by atoms with Crippen LogP contribution in [-0.2, 0) is 0 Å². The molecule has 0 spiro atoms. The van der Waals surface area contributed by atoms with Gasteiger partial charge in [-0.05, 0) is 67.3 Å². The van der Waals surface area contributed by atoms with Crippen LogP contribution >= 0.6 is 0 Å². The van der Waals surface area contributed by atoms with E-state index in [1.54, 1.807) is 25.5 Å². The number of nitrogens with zero attached hydrogens (tertiary/aromatic N) is 3. The summed E-state index contributed by atoms with van der Waals surface area (Å²) in [5.74, 6) is 0.664. The predicted molar refractivity (Wildman–Crippen MR) is 110 cm³/mol. The zero-order valence-corrected chi connectivity index (χ0v) is 15.5. The van der Waals surface area contributed by atoms with Crippen molar-refractivity contribution in [3.8, 4) is 22.4 Å². The van der Waals surface area contributed by atoms with Crippen LogP contribution in [0, 0.1) is 12.7 Å². The Morgan fingerprint density at radius 3 is 2.64 bits per heavy atom. The zero-order chi connectivity index (χ0) is 19.1. The van der Waals surface area contributed by atoms with E-state index in [9.17, 15) is 4.39 Å². The molecular formula is C23H19FN4. The molecule has 1 aliphatic rings. The summed E-state index contributed by atoms with van der Waals surface area (Å²) in [5.41, 5.74) is 5.28. The van der Waals surface area contributed by atoms with Gasteiger partial charge >= 0.3 is 0 Å². The van der Waals surface area contributed by atoms with Gasteiger partial charge in [0, 0.05) is 28.8 Å². The van der Waals surface area contributed by atoms with Gasteiger partial charge in [0.1, 0.15) is 18.0 Å². The highest BCUT2D eigenvalue weighted by Gasteiger charge is 2.22. The minimum Gasteiger partial charge on any atom is -0.367 e. The second-order valence-corrected chi connectivity index (χ2v) is 7.24. The molecule has 4 nitrogen and oxygen atoms in total. The normalized spacial score (nSPS) is 13.6. The van der Waals surface area contributed by atoms with Crippen LogP contribution in [-0.4, -0.2) is 21.0 Å². The highest BCUT2D eigenvalue weighted by molar-refractivity contribution is 5.94. The number of benzene rings is 2. The average Bonchev–Trinajstić information content (AvgIpc) is 3.54. The van der Waals surface area contributed by atoms with Crippen LogP contribution in [0.4, 0.5) is 10.2 Å². The van der Waals surface area contributed by atoms with Gasteiger partial charge in [-0.1, -0.05) is 12.1 Å². The summed E-state index contributed by atoms with van der Waals surface area (Å²) in [7, 11) is 0. The highest BCUT2D eigenvalue weighted by atomic mass is 19.1. The predicted octanol–water partition coefficient (Wildman–Crippen LogP) is 5.38. The monoisotopic (exact) mass is 370 g/mol. The number of anilines is 1. The molecule has 2 heterocycles. The number of nitrogens with one attached hydrogen (secondary N) is 1. The third-order valence-electron chi connectivity index (χ3n) is 5.10. The molecule has 28 heavy (non-hydrogen) atoms. The van der Waals surface area contributed by atoms with E-state index in [2.05, 4.69) is 26.3 Å². The Hall–Kier alpha value is -3.34. The van der Waals surface area contributed by atoms with Crippen molar-refractivity contribution in [3.05, 3.63) is 72.4 Å². The Bertz CT molecular complexity index is 1180. The molecule has 1 saturated carbocycles. The lowest BCUT2D eigenvalue weighted by Crippen LogP contribution is -2.04. The Morgan fingerprint density at radius 1 is 0.964 bits per heavy atom. The van der Waals surface area contributed by atoms with Crippen molar-refractivity contribution in [3.63, 3.8) is 0 Å². The molecule has 0 bridgehead atoms. The first-order valence-electron chi connectivity index (χ1n) is 9.42. The SMILES string of the molecule is Cc1cc(-c2ncccc2-c2ccc3ncnc(NC4CC4)c3c2)ccc1F. The second kappa shape index (κ2) is 6.68. The van der Waals surface area contributed by atoms with Crippen LogP contribution in [0.2, 0.25) is 0 Å². The molecule has 2 aromatic carbocycles. The Morgan fingerprint density at radius 2 is 1.82 bits per heavy atom. The van der Waals surface area contributed by atoms with Crippen molar-refractivity contribution in [1.82, 2.24) is 15.0 Å². The molecule has 1 N–H and O–H groups in total. The van der Waals surface area contributed by atoms with Gasteiger partial charge in [-0.2, -0.15) is 0 Å². The molecule has 0 saturated heterocycles. The van der Waals surface area contributed by atoms with Gasteiger partial charge in [-0.25, -0.2) is 14.4 Å². The summed E-state index contributed by atoms with van der Waals surface area (Å²) >= 11 is 0. The fraction of sp³-hybridized carbons (Fsp3) is 0.174. The van der Waals surface area contributed by atoms with Gasteiger partial charge in [0.15, 0.2) is 0 Å². The van der Waals surface area contributed by atoms with E-state index in [0.717, 1.165) is 39.1 Å². The van der Waals surface area contributed by atoms with Gasteiger partial charge in [0.2, 0.25) is 0 Å². The van der Waals surface area contributed by atoms with Crippen LogP contribution in [0.5, 0.6) is 0 Å². The van der Waals surface area contributed by atoms with Crippen LogP contribution in [0.25, 0.3) is 33.3 Å². The molecule has 0 atom stereocenters. The molecule has 5 rings (SSSR count). The summed E-state index contributed by atoms with van der Waals surface area (Å²) in [6, 6.07) is 15.8. The zero-order valence-electron chi connectivity index (χ0n) is 15.5. The van der Waals surface area contributed by atoms with Crippen molar-refractivity contribution in [2.45, 2.75) is 25.8 Å². The van der Waals surface area contributed by atoms with Crippen molar-refractivity contribution >= 4 is 16.7 Å². The van der Waals surface area contributed by atoms with E-state index in [-0.39, 0.29) is 5.82 Å². The standard InChI is InChI=1S/C23H19FN4/c1-14-11-16(4-8-20(14)24)22-18(3-2-10-25-22)15-5-9-21-19(12-15)23(27-13-26-21)28-17-6-7-17/h2-5,8-13,17H,6-7H2,1H3,(H,26,27,28). The smallest absolute Gasteiger partial charge is 0.137 e. The van der Waals surface area contributed by atoms with Crippen molar-refractivity contribution < 1.29 is 4.39 Å². The van der Waals surface area contributed by atoms with E-state index >= 15 is 0 Å². The minimum absolute atomic E-state index is 0.208. The highest BCUT2D eigenvalue weighted by Crippen LogP contribution is 2.34. The van der Waals surface area contributed by atoms with Gasteiger partial charge < -0.3 is 5.32 Å². The maximum atomic E-state index is 13.7. The van der Waals surface area contributed by atoms with Gasteiger partial charge in [0.25, 0.3) is 0 Å². The Balaban J connectivity index is 1.65. The first-order valence-corrected chi connectivity index (χ1v) is 9.42. The van der Waals surface area contributed by atoms with Crippen LogP contribution in [0.3, 0.4) is 0 Å². The Kier molecular flexibility index (Phi) is 4.01. The van der Waals surface area contributed by atoms with E-state index in [1.807, 2.05) is 30.3 Å². The molecule has 0 radical (unpaired) electrons. The van der Waals surface area contributed by atoms with Gasteiger partial charge in [0.05, 0.1) is 11.2 Å². The molecule has 2 aromatic heterocycles. The summed E-state index contributed by atoms with van der Waals surface area (Å²) in [6.07, 6.45) is 5.73. The van der Waals surface area contributed by atoms with Gasteiger partial charge in [-0.3, -0.25) is 4.98 Å².